The molecule has 1 aromatic rings. The first kappa shape index (κ1) is 15.8. The Bertz CT molecular complexity index is 463. The first-order chi connectivity index (χ1) is 9.04. The molecule has 0 bridgehead atoms. The zero-order valence-electron chi connectivity index (χ0n) is 10.2. The molecule has 104 valence electrons. The molecule has 1 aliphatic rings. The first-order valence-corrected chi connectivity index (χ1v) is 6.69. The van der Waals surface area contributed by atoms with Crippen molar-refractivity contribution in [3.05, 3.63) is 34.9 Å². The zero-order chi connectivity index (χ0) is 14.3. The van der Waals surface area contributed by atoms with E-state index in [-0.39, 0.29) is 10.9 Å². The standard InChI is InChI=1S/C7H5ClO2.C6H10ClNO/c8-6-3-1-2-5(4-6)7(9)10;7-5-3-1-2-4-6(5)8-9/h1-4H,(H,9,10);5,9H,1-4H2. The van der Waals surface area contributed by atoms with Crippen LogP contribution in [0.1, 0.15) is 36.0 Å². The summed E-state index contributed by atoms with van der Waals surface area (Å²) < 4.78 is 0. The number of hydrogen-bond acceptors (Lipinski definition) is 3. The maximum atomic E-state index is 10.3. The molecule has 6 heteroatoms. The minimum absolute atomic E-state index is 0.0104. The van der Waals surface area contributed by atoms with Crippen molar-refractivity contribution in [3.63, 3.8) is 0 Å². The summed E-state index contributed by atoms with van der Waals surface area (Å²) in [5.41, 5.74) is 0.968. The Morgan fingerprint density at radius 2 is 2.11 bits per heavy atom. The molecule has 1 atom stereocenters. The Morgan fingerprint density at radius 1 is 1.37 bits per heavy atom. The lowest BCUT2D eigenvalue weighted by molar-refractivity contribution is 0.0697. The van der Waals surface area contributed by atoms with Crippen LogP contribution >= 0.6 is 23.2 Å². The summed E-state index contributed by atoms with van der Waals surface area (Å²) in [6.07, 6.45) is 4.10. The number of benzene rings is 1. The maximum Gasteiger partial charge on any atom is 0.335 e. The number of hydrogen-bond donors (Lipinski definition) is 2. The van der Waals surface area contributed by atoms with Gasteiger partial charge < -0.3 is 10.3 Å². The zero-order valence-corrected chi connectivity index (χ0v) is 11.7. The predicted octanol–water partition coefficient (Wildman–Crippen LogP) is 4.04. The van der Waals surface area contributed by atoms with E-state index < -0.39 is 5.97 Å². The molecular weight excluding hydrogens is 289 g/mol. The number of carboxylic acid groups (broad SMARTS) is 1. The van der Waals surface area contributed by atoms with Crippen LogP contribution in [0.2, 0.25) is 5.02 Å². The number of alkyl halides is 1. The van der Waals surface area contributed by atoms with E-state index in [2.05, 4.69) is 5.16 Å². The number of halogens is 2. The molecule has 4 nitrogen and oxygen atoms in total. The predicted molar refractivity (Wildman–Crippen MR) is 75.7 cm³/mol. The molecule has 2 rings (SSSR count). The minimum atomic E-state index is -0.956. The van der Waals surface area contributed by atoms with Crippen LogP contribution in [0.15, 0.2) is 29.4 Å². The van der Waals surface area contributed by atoms with Gasteiger partial charge in [0.25, 0.3) is 0 Å². The third-order valence-corrected chi connectivity index (χ3v) is 3.41. The summed E-state index contributed by atoms with van der Waals surface area (Å²) in [5.74, 6) is -0.956. The van der Waals surface area contributed by atoms with Crippen LogP contribution in [-0.4, -0.2) is 27.4 Å². The van der Waals surface area contributed by atoms with E-state index >= 15 is 0 Å². The van der Waals surface area contributed by atoms with Gasteiger partial charge in [0.05, 0.1) is 16.7 Å². The fraction of sp³-hybridized carbons (Fsp3) is 0.385. The van der Waals surface area contributed by atoms with Crippen molar-refractivity contribution in [2.75, 3.05) is 0 Å². The second-order valence-electron chi connectivity index (χ2n) is 4.12. The van der Waals surface area contributed by atoms with Crippen molar-refractivity contribution < 1.29 is 15.1 Å². The number of aromatic carboxylic acids is 1. The highest BCUT2D eigenvalue weighted by Gasteiger charge is 2.17. The van der Waals surface area contributed by atoms with Gasteiger partial charge in [-0.1, -0.05) is 29.2 Å². The molecule has 2 N–H and O–H groups in total. The van der Waals surface area contributed by atoms with Crippen molar-refractivity contribution in [3.8, 4) is 0 Å². The minimum Gasteiger partial charge on any atom is -0.478 e. The van der Waals surface area contributed by atoms with Gasteiger partial charge >= 0.3 is 5.97 Å². The highest BCUT2D eigenvalue weighted by atomic mass is 35.5. The second kappa shape index (κ2) is 8.02. The first-order valence-electron chi connectivity index (χ1n) is 5.88. The van der Waals surface area contributed by atoms with Crippen molar-refractivity contribution in [1.29, 1.82) is 0 Å². The summed E-state index contributed by atoms with van der Waals surface area (Å²) in [5, 5.41) is 20.4. The number of oxime groups is 1. The third-order valence-electron chi connectivity index (χ3n) is 2.70. The summed E-state index contributed by atoms with van der Waals surface area (Å²) >= 11 is 11.3. The molecule has 1 aromatic carbocycles. The Morgan fingerprint density at radius 3 is 2.53 bits per heavy atom. The van der Waals surface area contributed by atoms with E-state index in [0.29, 0.717) is 5.02 Å². The second-order valence-corrected chi connectivity index (χ2v) is 5.08. The highest BCUT2D eigenvalue weighted by Crippen LogP contribution is 2.19. The molecular formula is C13H15Cl2NO3. The summed E-state index contributed by atoms with van der Waals surface area (Å²) in [6.45, 7) is 0. The normalized spacial score (nSPS) is 20.5. The SMILES string of the molecule is O=C(O)c1cccc(Cl)c1.ON=C1CCCCC1Cl. The van der Waals surface area contributed by atoms with Crippen molar-refractivity contribution >= 4 is 34.9 Å². The number of rotatable bonds is 1. The van der Waals surface area contributed by atoms with E-state index in [1.165, 1.54) is 12.1 Å². The van der Waals surface area contributed by atoms with Gasteiger partial charge in [-0.15, -0.1) is 11.6 Å². The van der Waals surface area contributed by atoms with Gasteiger partial charge in [-0.3, -0.25) is 0 Å². The largest absolute Gasteiger partial charge is 0.478 e. The van der Waals surface area contributed by atoms with Gasteiger partial charge in [-0.05, 0) is 37.5 Å². The molecule has 19 heavy (non-hydrogen) atoms. The fourth-order valence-corrected chi connectivity index (χ4v) is 2.18. The van der Waals surface area contributed by atoms with Gasteiger partial charge in [0.15, 0.2) is 0 Å². The number of nitrogens with zero attached hydrogens (tertiary/aromatic N) is 1. The molecule has 0 amide bonds. The highest BCUT2D eigenvalue weighted by molar-refractivity contribution is 6.32. The molecule has 0 aliphatic heterocycles. The molecule has 1 fully saturated rings. The smallest absolute Gasteiger partial charge is 0.335 e. The van der Waals surface area contributed by atoms with E-state index in [4.69, 9.17) is 33.5 Å². The topological polar surface area (TPSA) is 69.9 Å². The fourth-order valence-electron chi connectivity index (χ4n) is 1.69. The maximum absolute atomic E-state index is 10.3. The molecule has 0 spiro atoms. The van der Waals surface area contributed by atoms with Crippen LogP contribution in [0, 0.1) is 0 Å². The van der Waals surface area contributed by atoms with Gasteiger partial charge in [0.2, 0.25) is 0 Å². The van der Waals surface area contributed by atoms with Crippen LogP contribution < -0.4 is 0 Å². The molecule has 0 saturated heterocycles. The lowest BCUT2D eigenvalue weighted by Gasteiger charge is -2.15. The lowest BCUT2D eigenvalue weighted by Crippen LogP contribution is -2.18. The number of carboxylic acids is 1. The van der Waals surface area contributed by atoms with Crippen molar-refractivity contribution in [2.24, 2.45) is 5.16 Å². The van der Waals surface area contributed by atoms with Gasteiger partial charge in [0.1, 0.15) is 0 Å². The Labute approximate surface area is 121 Å². The van der Waals surface area contributed by atoms with E-state index in [1.54, 1.807) is 12.1 Å². The van der Waals surface area contributed by atoms with Crippen LogP contribution in [0.25, 0.3) is 0 Å². The molecule has 0 heterocycles. The summed E-state index contributed by atoms with van der Waals surface area (Å²) in [6, 6.07) is 6.14. The van der Waals surface area contributed by atoms with Crippen LogP contribution in [0.4, 0.5) is 0 Å². The summed E-state index contributed by atoms with van der Waals surface area (Å²) in [4.78, 5) is 10.3. The van der Waals surface area contributed by atoms with Crippen LogP contribution in [0.5, 0.6) is 0 Å². The quantitative estimate of drug-likeness (QED) is 0.467. The van der Waals surface area contributed by atoms with Crippen molar-refractivity contribution in [2.45, 2.75) is 31.1 Å². The molecule has 1 unspecified atom stereocenters. The molecule has 0 aromatic heterocycles. The molecule has 0 radical (unpaired) electrons. The monoisotopic (exact) mass is 303 g/mol. The van der Waals surface area contributed by atoms with Gasteiger partial charge in [-0.2, -0.15) is 0 Å². The van der Waals surface area contributed by atoms with Crippen LogP contribution in [-0.2, 0) is 0 Å². The Kier molecular flexibility index (Phi) is 6.67. The van der Waals surface area contributed by atoms with E-state index in [9.17, 15) is 4.79 Å². The third kappa shape index (κ3) is 5.49. The number of carbonyl (C=O) groups is 1. The van der Waals surface area contributed by atoms with Gasteiger partial charge in [0, 0.05) is 5.02 Å². The van der Waals surface area contributed by atoms with Crippen LogP contribution in [0.3, 0.4) is 0 Å². The average Bonchev–Trinajstić information content (AvgIpc) is 2.40. The molecule has 1 saturated carbocycles. The van der Waals surface area contributed by atoms with E-state index in [1.807, 2.05) is 0 Å². The van der Waals surface area contributed by atoms with Gasteiger partial charge in [-0.25, -0.2) is 4.79 Å². The Balaban J connectivity index is 0.000000191. The van der Waals surface area contributed by atoms with Crippen molar-refractivity contribution in [1.82, 2.24) is 0 Å². The van der Waals surface area contributed by atoms with E-state index in [0.717, 1.165) is 31.4 Å². The summed E-state index contributed by atoms with van der Waals surface area (Å²) in [7, 11) is 0. The molecule has 1 aliphatic carbocycles. The average molecular weight is 304 g/mol. The lowest BCUT2D eigenvalue weighted by atomic mass is 9.98. The Hall–Kier alpha value is -1.26.